The number of unbranched alkanes of at least 4 members (excludes halogenated alkanes) is 1. The Kier molecular flexibility index (Phi) is 10.8. The highest BCUT2D eigenvalue weighted by Crippen LogP contribution is 2.37. The SMILES string of the molecule is CC#CCC(C)C/C=C/C1CCC[C@@H]1C/C(=C/CCCC(=O)O)OC. The monoisotopic (exact) mass is 346 g/mol. The Morgan fingerprint density at radius 1 is 1.40 bits per heavy atom. The van der Waals surface area contributed by atoms with E-state index >= 15 is 0 Å². The topological polar surface area (TPSA) is 46.5 Å². The molecule has 0 radical (unpaired) electrons. The van der Waals surface area contributed by atoms with E-state index in [1.165, 1.54) is 19.3 Å². The van der Waals surface area contributed by atoms with Crippen molar-refractivity contribution in [1.82, 2.24) is 0 Å². The van der Waals surface area contributed by atoms with Gasteiger partial charge in [-0.3, -0.25) is 4.79 Å². The Bertz CT molecular complexity index is 507. The molecule has 0 aliphatic heterocycles. The van der Waals surface area contributed by atoms with Crippen LogP contribution in [0.15, 0.2) is 24.0 Å². The van der Waals surface area contributed by atoms with Crippen LogP contribution in [0.1, 0.15) is 71.6 Å². The number of carboxylic acid groups (broad SMARTS) is 1. The van der Waals surface area contributed by atoms with Gasteiger partial charge in [-0.15, -0.1) is 11.8 Å². The van der Waals surface area contributed by atoms with Gasteiger partial charge in [0.15, 0.2) is 0 Å². The first-order valence-corrected chi connectivity index (χ1v) is 9.57. The molecule has 0 heterocycles. The fourth-order valence-corrected chi connectivity index (χ4v) is 3.44. The number of aliphatic carboxylic acids is 1. The van der Waals surface area contributed by atoms with Crippen LogP contribution < -0.4 is 0 Å². The average Bonchev–Trinajstić information content (AvgIpc) is 3.02. The molecular formula is C22H34O3. The van der Waals surface area contributed by atoms with Crippen molar-refractivity contribution in [3.05, 3.63) is 24.0 Å². The van der Waals surface area contributed by atoms with Crippen molar-refractivity contribution in [2.24, 2.45) is 17.8 Å². The van der Waals surface area contributed by atoms with Crippen molar-refractivity contribution in [2.45, 2.75) is 71.6 Å². The lowest BCUT2D eigenvalue weighted by molar-refractivity contribution is -0.137. The third kappa shape index (κ3) is 9.39. The van der Waals surface area contributed by atoms with E-state index in [0.29, 0.717) is 24.2 Å². The second-order valence-corrected chi connectivity index (χ2v) is 7.12. The molecule has 3 heteroatoms. The number of allylic oxidation sites excluding steroid dienone is 4. The Morgan fingerprint density at radius 3 is 2.88 bits per heavy atom. The van der Waals surface area contributed by atoms with Gasteiger partial charge in [0.1, 0.15) is 0 Å². The fraction of sp³-hybridized carbons (Fsp3) is 0.682. The number of ether oxygens (including phenoxy) is 1. The van der Waals surface area contributed by atoms with E-state index in [4.69, 9.17) is 9.84 Å². The van der Waals surface area contributed by atoms with E-state index in [1.807, 2.05) is 6.92 Å². The Labute approximate surface area is 153 Å². The predicted octanol–water partition coefficient (Wildman–Crippen LogP) is 5.57. The summed E-state index contributed by atoms with van der Waals surface area (Å²) in [6.45, 7) is 4.15. The lowest BCUT2D eigenvalue weighted by Gasteiger charge is -2.18. The van der Waals surface area contributed by atoms with E-state index in [1.54, 1.807) is 7.11 Å². The number of methoxy groups -OCH3 is 1. The molecule has 1 aliphatic rings. The van der Waals surface area contributed by atoms with Crippen molar-refractivity contribution in [3.63, 3.8) is 0 Å². The molecule has 0 amide bonds. The third-order valence-corrected chi connectivity index (χ3v) is 4.96. The molecule has 1 rings (SSSR count). The van der Waals surface area contributed by atoms with Crippen LogP contribution >= 0.6 is 0 Å². The summed E-state index contributed by atoms with van der Waals surface area (Å²) in [5.74, 6) is 8.31. The molecule has 1 saturated carbocycles. The lowest BCUT2D eigenvalue weighted by Crippen LogP contribution is -2.07. The molecule has 0 aromatic rings. The van der Waals surface area contributed by atoms with Crippen LogP contribution in [0.2, 0.25) is 0 Å². The van der Waals surface area contributed by atoms with Gasteiger partial charge >= 0.3 is 5.97 Å². The fourth-order valence-electron chi connectivity index (χ4n) is 3.44. The molecule has 0 spiro atoms. The highest BCUT2D eigenvalue weighted by atomic mass is 16.5. The molecule has 1 aliphatic carbocycles. The smallest absolute Gasteiger partial charge is 0.303 e. The number of carbonyl (C=O) groups is 1. The molecule has 0 bridgehead atoms. The number of hydrogen-bond donors (Lipinski definition) is 1. The van der Waals surface area contributed by atoms with Gasteiger partial charge in [-0.25, -0.2) is 0 Å². The molecule has 1 fully saturated rings. The maximum Gasteiger partial charge on any atom is 0.303 e. The van der Waals surface area contributed by atoms with Gasteiger partial charge < -0.3 is 9.84 Å². The Morgan fingerprint density at radius 2 is 2.20 bits per heavy atom. The summed E-state index contributed by atoms with van der Waals surface area (Å²) in [7, 11) is 1.72. The summed E-state index contributed by atoms with van der Waals surface area (Å²) >= 11 is 0. The van der Waals surface area contributed by atoms with Crippen molar-refractivity contribution in [3.8, 4) is 11.8 Å². The maximum atomic E-state index is 10.6. The van der Waals surface area contributed by atoms with E-state index in [9.17, 15) is 4.79 Å². The van der Waals surface area contributed by atoms with Gasteiger partial charge in [0.05, 0.1) is 12.9 Å². The van der Waals surface area contributed by atoms with Crippen molar-refractivity contribution in [2.75, 3.05) is 7.11 Å². The minimum Gasteiger partial charge on any atom is -0.501 e. The molecule has 1 N–H and O–H groups in total. The summed E-state index contributed by atoms with van der Waals surface area (Å²) in [5.41, 5.74) is 0. The van der Waals surface area contributed by atoms with E-state index in [2.05, 4.69) is 37.0 Å². The Balaban J connectivity index is 2.45. The highest BCUT2D eigenvalue weighted by molar-refractivity contribution is 5.66. The largest absolute Gasteiger partial charge is 0.501 e. The van der Waals surface area contributed by atoms with Crippen LogP contribution in [0, 0.1) is 29.6 Å². The summed E-state index contributed by atoms with van der Waals surface area (Å²) < 4.78 is 5.53. The minimum absolute atomic E-state index is 0.225. The standard InChI is InChI=1S/C22H34O3/c1-4-5-10-18(2)11-8-12-19-13-9-14-20(19)17-21(25-3)15-6-7-16-22(23)24/h8,12,15,18-20H,6-7,9-11,13-14,16-17H2,1-3H3,(H,23,24)/b12-8+,21-15-/t18?,19?,20-/m1/s1. The molecule has 25 heavy (non-hydrogen) atoms. The van der Waals surface area contributed by atoms with Crippen LogP contribution in [-0.2, 0) is 9.53 Å². The summed E-state index contributed by atoms with van der Waals surface area (Å²) in [6, 6.07) is 0. The predicted molar refractivity (Wildman–Crippen MR) is 103 cm³/mol. The molecule has 140 valence electrons. The van der Waals surface area contributed by atoms with Crippen molar-refractivity contribution in [1.29, 1.82) is 0 Å². The van der Waals surface area contributed by atoms with Gasteiger partial charge in [0.2, 0.25) is 0 Å². The van der Waals surface area contributed by atoms with Gasteiger partial charge in [-0.1, -0.05) is 25.5 Å². The number of carboxylic acids is 1. The van der Waals surface area contributed by atoms with E-state index in [-0.39, 0.29) is 6.42 Å². The van der Waals surface area contributed by atoms with Crippen LogP contribution in [0.3, 0.4) is 0 Å². The van der Waals surface area contributed by atoms with Gasteiger partial charge in [0, 0.05) is 19.3 Å². The first-order chi connectivity index (χ1) is 12.1. The summed E-state index contributed by atoms with van der Waals surface area (Å²) in [6.07, 6.45) is 15.3. The number of rotatable bonds is 11. The molecule has 0 aromatic carbocycles. The summed E-state index contributed by atoms with van der Waals surface area (Å²) in [5, 5.41) is 8.70. The second kappa shape index (κ2) is 12.6. The molecule has 3 nitrogen and oxygen atoms in total. The van der Waals surface area contributed by atoms with Crippen LogP contribution in [0.25, 0.3) is 0 Å². The van der Waals surface area contributed by atoms with Crippen molar-refractivity contribution < 1.29 is 14.6 Å². The zero-order chi connectivity index (χ0) is 18.5. The van der Waals surface area contributed by atoms with Crippen LogP contribution in [0.5, 0.6) is 0 Å². The molecule has 0 saturated heterocycles. The average molecular weight is 347 g/mol. The quantitative estimate of drug-likeness (QED) is 0.230. The van der Waals surface area contributed by atoms with E-state index in [0.717, 1.165) is 31.4 Å². The lowest BCUT2D eigenvalue weighted by atomic mass is 9.90. The molecular weight excluding hydrogens is 312 g/mol. The highest BCUT2D eigenvalue weighted by Gasteiger charge is 2.26. The van der Waals surface area contributed by atoms with Crippen LogP contribution in [0.4, 0.5) is 0 Å². The normalized spacial score (nSPS) is 21.8. The first kappa shape index (κ1) is 21.4. The molecule has 3 atom stereocenters. The van der Waals surface area contributed by atoms with Gasteiger partial charge in [-0.2, -0.15) is 0 Å². The number of hydrogen-bond acceptors (Lipinski definition) is 2. The Hall–Kier alpha value is -1.69. The van der Waals surface area contributed by atoms with Gasteiger partial charge in [-0.05, 0) is 62.9 Å². The second-order valence-electron chi connectivity index (χ2n) is 7.12. The maximum absolute atomic E-state index is 10.6. The molecule has 0 aromatic heterocycles. The minimum atomic E-state index is -0.729. The molecule has 2 unspecified atom stereocenters. The van der Waals surface area contributed by atoms with Crippen molar-refractivity contribution >= 4 is 5.97 Å². The summed E-state index contributed by atoms with van der Waals surface area (Å²) in [4.78, 5) is 10.6. The van der Waals surface area contributed by atoms with Crippen LogP contribution in [-0.4, -0.2) is 18.2 Å². The zero-order valence-corrected chi connectivity index (χ0v) is 16.1. The van der Waals surface area contributed by atoms with E-state index < -0.39 is 5.97 Å². The third-order valence-electron chi connectivity index (χ3n) is 4.96. The first-order valence-electron chi connectivity index (χ1n) is 9.57. The zero-order valence-electron chi connectivity index (χ0n) is 16.1. The van der Waals surface area contributed by atoms with Gasteiger partial charge in [0.25, 0.3) is 0 Å².